The average Bonchev–Trinajstić information content (AvgIpc) is 3.15. The van der Waals surface area contributed by atoms with Crippen LogP contribution in [0, 0.1) is 0 Å². The molecule has 1 amide bonds. The van der Waals surface area contributed by atoms with E-state index >= 15 is 0 Å². The van der Waals surface area contributed by atoms with Gasteiger partial charge in [-0.25, -0.2) is 4.79 Å². The van der Waals surface area contributed by atoms with E-state index in [-0.39, 0.29) is 18.9 Å². The van der Waals surface area contributed by atoms with Crippen molar-refractivity contribution in [3.63, 3.8) is 0 Å². The molecule has 1 aliphatic carbocycles. The maximum atomic E-state index is 12.8. The molecule has 33 heavy (non-hydrogen) atoms. The molecule has 0 spiro atoms. The fraction of sp³-hybridized carbons (Fsp3) is 0.148. The maximum Gasteiger partial charge on any atom is 0.407 e. The number of carbonyl (C=O) groups excluding carboxylic acids is 1. The zero-order chi connectivity index (χ0) is 22.8. The Morgan fingerprint density at radius 2 is 1.64 bits per heavy atom. The summed E-state index contributed by atoms with van der Waals surface area (Å²) in [6.07, 6.45) is 2.46. The minimum atomic E-state index is -1.01. The fourth-order valence-corrected chi connectivity index (χ4v) is 4.65. The van der Waals surface area contributed by atoms with Crippen molar-refractivity contribution >= 4 is 22.8 Å². The number of pyridine rings is 1. The lowest BCUT2D eigenvalue weighted by Gasteiger charge is -2.20. The van der Waals surface area contributed by atoms with E-state index < -0.39 is 18.1 Å². The molecule has 0 bridgehead atoms. The number of hydrogen-bond donors (Lipinski definition) is 2. The number of aromatic nitrogens is 1. The molecule has 0 radical (unpaired) electrons. The van der Waals surface area contributed by atoms with Gasteiger partial charge in [0.1, 0.15) is 6.61 Å². The molecule has 4 aromatic rings. The van der Waals surface area contributed by atoms with Gasteiger partial charge in [-0.1, -0.05) is 66.7 Å². The Morgan fingerprint density at radius 3 is 2.33 bits per heavy atom. The summed E-state index contributed by atoms with van der Waals surface area (Å²) in [6.45, 7) is 0.166. The van der Waals surface area contributed by atoms with Crippen LogP contribution in [-0.2, 0) is 9.53 Å². The number of carbonyl (C=O) groups is 2. The van der Waals surface area contributed by atoms with Crippen LogP contribution in [0.1, 0.15) is 35.1 Å². The highest BCUT2D eigenvalue weighted by Gasteiger charge is 2.29. The molecular weight excluding hydrogens is 416 g/mol. The van der Waals surface area contributed by atoms with Gasteiger partial charge < -0.3 is 15.2 Å². The molecule has 1 aromatic heterocycles. The first-order valence-corrected chi connectivity index (χ1v) is 10.8. The Labute approximate surface area is 190 Å². The van der Waals surface area contributed by atoms with Gasteiger partial charge in [0.25, 0.3) is 0 Å². The lowest BCUT2D eigenvalue weighted by Crippen LogP contribution is -2.31. The number of alkyl carbamates (subject to hydrolysis) is 1. The molecule has 0 aliphatic heterocycles. The molecule has 1 heterocycles. The summed E-state index contributed by atoms with van der Waals surface area (Å²) in [4.78, 5) is 28.4. The molecule has 6 heteroatoms. The van der Waals surface area contributed by atoms with Crippen LogP contribution in [0.3, 0.4) is 0 Å². The van der Waals surface area contributed by atoms with Gasteiger partial charge in [-0.15, -0.1) is 0 Å². The molecule has 2 N–H and O–H groups in total. The second-order valence-electron chi connectivity index (χ2n) is 8.06. The third kappa shape index (κ3) is 4.03. The number of benzene rings is 3. The first-order valence-electron chi connectivity index (χ1n) is 10.8. The summed E-state index contributed by atoms with van der Waals surface area (Å²) in [7, 11) is 0. The van der Waals surface area contributed by atoms with Crippen molar-refractivity contribution in [1.29, 1.82) is 0 Å². The number of amides is 1. The van der Waals surface area contributed by atoms with Crippen LogP contribution < -0.4 is 5.32 Å². The zero-order valence-corrected chi connectivity index (χ0v) is 17.8. The van der Waals surface area contributed by atoms with Gasteiger partial charge in [0.05, 0.1) is 12.5 Å². The highest BCUT2D eigenvalue weighted by molar-refractivity contribution is 5.86. The SMILES string of the molecule is O=C(O)CC(NC(=O)OCC1c2ccccc2-c2ccccc21)c1cccc2cnccc12. The number of aliphatic carboxylic acids is 1. The number of rotatable bonds is 6. The summed E-state index contributed by atoms with van der Waals surface area (Å²) in [5, 5.41) is 13.9. The molecule has 5 rings (SSSR count). The molecule has 1 aliphatic rings. The summed E-state index contributed by atoms with van der Waals surface area (Å²) in [6, 6.07) is 22.9. The van der Waals surface area contributed by atoms with Crippen molar-refractivity contribution in [2.45, 2.75) is 18.4 Å². The lowest BCUT2D eigenvalue weighted by atomic mass is 9.97. The first-order chi connectivity index (χ1) is 16.1. The largest absolute Gasteiger partial charge is 0.481 e. The van der Waals surface area contributed by atoms with E-state index in [9.17, 15) is 14.7 Å². The Balaban J connectivity index is 1.36. The van der Waals surface area contributed by atoms with Crippen molar-refractivity contribution in [2.75, 3.05) is 6.61 Å². The molecule has 0 fully saturated rings. The second kappa shape index (κ2) is 8.74. The number of carboxylic acid groups (broad SMARTS) is 1. The van der Waals surface area contributed by atoms with Gasteiger partial charge in [0, 0.05) is 23.7 Å². The monoisotopic (exact) mass is 438 g/mol. The second-order valence-corrected chi connectivity index (χ2v) is 8.06. The van der Waals surface area contributed by atoms with Crippen molar-refractivity contribution in [3.8, 4) is 11.1 Å². The molecular formula is C27H22N2O4. The van der Waals surface area contributed by atoms with E-state index in [2.05, 4.69) is 34.6 Å². The fourth-order valence-electron chi connectivity index (χ4n) is 4.65. The molecule has 1 unspecified atom stereocenters. The number of hydrogen-bond acceptors (Lipinski definition) is 4. The zero-order valence-electron chi connectivity index (χ0n) is 17.8. The number of nitrogens with one attached hydrogen (secondary N) is 1. The van der Waals surface area contributed by atoms with Gasteiger partial charge >= 0.3 is 12.1 Å². The number of carboxylic acids is 1. The number of fused-ring (bicyclic) bond motifs is 4. The van der Waals surface area contributed by atoms with Gasteiger partial charge in [0.2, 0.25) is 0 Å². The minimum absolute atomic E-state index is 0.0651. The van der Waals surface area contributed by atoms with Crippen molar-refractivity contribution < 1.29 is 19.4 Å². The highest BCUT2D eigenvalue weighted by atomic mass is 16.5. The van der Waals surface area contributed by atoms with Crippen molar-refractivity contribution in [3.05, 3.63) is 102 Å². The summed E-state index contributed by atoms with van der Waals surface area (Å²) >= 11 is 0. The molecule has 1 atom stereocenters. The van der Waals surface area contributed by atoms with Gasteiger partial charge in [-0.2, -0.15) is 0 Å². The first kappa shape index (κ1) is 20.7. The van der Waals surface area contributed by atoms with E-state index in [1.807, 2.05) is 48.5 Å². The smallest absolute Gasteiger partial charge is 0.407 e. The molecule has 6 nitrogen and oxygen atoms in total. The Kier molecular flexibility index (Phi) is 5.48. The molecule has 0 saturated heterocycles. The minimum Gasteiger partial charge on any atom is -0.481 e. The topological polar surface area (TPSA) is 88.5 Å². The maximum absolute atomic E-state index is 12.8. The number of nitrogens with zero attached hydrogens (tertiary/aromatic N) is 1. The summed E-state index contributed by atoms with van der Waals surface area (Å²) in [5.41, 5.74) is 5.25. The highest BCUT2D eigenvalue weighted by Crippen LogP contribution is 2.44. The van der Waals surface area contributed by atoms with Gasteiger partial charge in [0.15, 0.2) is 0 Å². The summed E-state index contributed by atoms with van der Waals surface area (Å²) in [5.74, 6) is -1.07. The van der Waals surface area contributed by atoms with E-state index in [0.717, 1.165) is 33.0 Å². The number of ether oxygens (including phenoxy) is 1. The van der Waals surface area contributed by atoms with Crippen LogP contribution >= 0.6 is 0 Å². The van der Waals surface area contributed by atoms with E-state index in [1.54, 1.807) is 12.4 Å². The Bertz CT molecular complexity index is 1300. The van der Waals surface area contributed by atoms with Crippen molar-refractivity contribution in [1.82, 2.24) is 10.3 Å². The Hall–Kier alpha value is -4.19. The Morgan fingerprint density at radius 1 is 0.939 bits per heavy atom. The third-order valence-electron chi connectivity index (χ3n) is 6.10. The van der Waals surface area contributed by atoms with Crippen LogP contribution in [0.15, 0.2) is 85.2 Å². The van der Waals surface area contributed by atoms with Crippen LogP contribution in [0.4, 0.5) is 4.79 Å². The normalized spacial score (nSPS) is 13.2. The average molecular weight is 438 g/mol. The standard InChI is InChI=1S/C27H22N2O4/c30-26(31)14-25(23-11-5-6-17-15-28-13-12-18(17)23)29-27(32)33-16-24-21-9-3-1-7-19(21)20-8-2-4-10-22(20)24/h1-13,15,24-25H,14,16H2,(H,29,32)(H,30,31). The van der Waals surface area contributed by atoms with E-state index in [1.165, 1.54) is 0 Å². The van der Waals surface area contributed by atoms with Gasteiger partial charge in [-0.3, -0.25) is 9.78 Å². The molecule has 3 aromatic carbocycles. The molecule has 164 valence electrons. The van der Waals surface area contributed by atoms with Crippen molar-refractivity contribution in [2.24, 2.45) is 0 Å². The molecule has 0 saturated carbocycles. The van der Waals surface area contributed by atoms with E-state index in [0.29, 0.717) is 5.56 Å². The predicted octanol–water partition coefficient (Wildman–Crippen LogP) is 5.29. The van der Waals surface area contributed by atoms with Crippen LogP contribution in [0.25, 0.3) is 21.9 Å². The quantitative estimate of drug-likeness (QED) is 0.427. The van der Waals surface area contributed by atoms with Crippen LogP contribution in [0.2, 0.25) is 0 Å². The summed E-state index contributed by atoms with van der Waals surface area (Å²) < 4.78 is 5.63. The van der Waals surface area contributed by atoms with E-state index in [4.69, 9.17) is 4.74 Å². The van der Waals surface area contributed by atoms with Crippen LogP contribution in [-0.4, -0.2) is 28.8 Å². The van der Waals surface area contributed by atoms with Gasteiger partial charge in [-0.05, 0) is 39.3 Å². The third-order valence-corrected chi connectivity index (χ3v) is 6.10. The lowest BCUT2D eigenvalue weighted by molar-refractivity contribution is -0.137. The van der Waals surface area contributed by atoms with Crippen LogP contribution in [0.5, 0.6) is 0 Å². The predicted molar refractivity (Wildman–Crippen MR) is 125 cm³/mol.